The fraction of sp³-hybridized carbons (Fsp3) is 0.111. The molecule has 13 nitrogen and oxygen atoms in total. The van der Waals surface area contributed by atoms with Crippen LogP contribution in [0.2, 0.25) is 0 Å². The largest absolute Gasteiger partial charge is 0.497 e. The molecule has 0 radical (unpaired) electrons. The zero-order chi connectivity index (χ0) is 28.2. The summed E-state index contributed by atoms with van der Waals surface area (Å²) in [4.78, 5) is 26.0. The van der Waals surface area contributed by atoms with Gasteiger partial charge in [-0.05, 0) is 53.7 Å². The second-order valence-electron chi connectivity index (χ2n) is 8.57. The Morgan fingerprint density at radius 3 is 2.52 bits per heavy atom. The average molecular weight is 538 g/mol. The molecule has 13 heteroatoms. The number of carbonyl (C=O) groups is 2. The average Bonchev–Trinajstić information content (AvgIpc) is 3.61. The van der Waals surface area contributed by atoms with Gasteiger partial charge in [0.05, 0.1) is 42.7 Å². The van der Waals surface area contributed by atoms with Crippen LogP contribution < -0.4 is 25.4 Å². The normalized spacial score (nSPS) is 10.6. The number of fused-ring (bicyclic) bond motifs is 1. The highest BCUT2D eigenvalue weighted by Crippen LogP contribution is 2.30. The van der Waals surface area contributed by atoms with Gasteiger partial charge in [-0.25, -0.2) is 4.79 Å². The number of H-pyrrole nitrogens is 1. The van der Waals surface area contributed by atoms with Crippen molar-refractivity contribution in [3.8, 4) is 29.0 Å². The topological polar surface area (TPSA) is 172 Å². The predicted octanol–water partition coefficient (Wildman–Crippen LogP) is 4.14. The van der Waals surface area contributed by atoms with E-state index in [1.807, 2.05) is 0 Å². The van der Waals surface area contributed by atoms with Gasteiger partial charge in [-0.1, -0.05) is 6.07 Å². The van der Waals surface area contributed by atoms with E-state index in [0.717, 1.165) is 10.9 Å². The lowest BCUT2D eigenvalue weighted by molar-refractivity contribution is 0.101. The van der Waals surface area contributed by atoms with Crippen LogP contribution in [0.5, 0.6) is 11.5 Å². The van der Waals surface area contributed by atoms with E-state index in [9.17, 15) is 14.9 Å². The molecule has 0 aliphatic heterocycles. The second kappa shape index (κ2) is 10.8. The van der Waals surface area contributed by atoms with Crippen LogP contribution >= 0.6 is 0 Å². The Morgan fingerprint density at radius 2 is 1.80 bits per heavy atom. The van der Waals surface area contributed by atoms with E-state index in [1.54, 1.807) is 72.3 Å². The van der Waals surface area contributed by atoms with Crippen molar-refractivity contribution in [2.75, 3.05) is 30.2 Å². The summed E-state index contributed by atoms with van der Waals surface area (Å²) in [7, 11) is 4.79. The molecule has 5 aromatic rings. The molecule has 0 saturated heterocycles. The van der Waals surface area contributed by atoms with Crippen molar-refractivity contribution in [1.29, 1.82) is 5.26 Å². The first-order valence-corrected chi connectivity index (χ1v) is 11.9. The van der Waals surface area contributed by atoms with E-state index >= 15 is 0 Å². The second-order valence-corrected chi connectivity index (χ2v) is 8.57. The molecule has 0 saturated carbocycles. The highest BCUT2D eigenvalue weighted by atomic mass is 16.5. The molecule has 0 aliphatic carbocycles. The van der Waals surface area contributed by atoms with Gasteiger partial charge in [-0.3, -0.25) is 4.79 Å². The first kappa shape index (κ1) is 25.7. The molecule has 200 valence electrons. The molecule has 3 aromatic carbocycles. The molecule has 5 rings (SSSR count). The van der Waals surface area contributed by atoms with Crippen molar-refractivity contribution < 1.29 is 19.1 Å². The van der Waals surface area contributed by atoms with Gasteiger partial charge in [0.2, 0.25) is 5.82 Å². The summed E-state index contributed by atoms with van der Waals surface area (Å²) in [6.07, 6.45) is 0. The smallest absolute Gasteiger partial charge is 0.323 e. The Balaban J connectivity index is 1.36. The maximum Gasteiger partial charge on any atom is 0.323 e. The van der Waals surface area contributed by atoms with Gasteiger partial charge >= 0.3 is 6.03 Å². The number of ether oxygens (including phenoxy) is 2. The summed E-state index contributed by atoms with van der Waals surface area (Å²) in [6, 6.07) is 18.5. The zero-order valence-corrected chi connectivity index (χ0v) is 21.6. The van der Waals surface area contributed by atoms with Crippen LogP contribution in [-0.4, -0.2) is 51.3 Å². The molecule has 0 spiro atoms. The molecular weight excluding hydrogens is 514 g/mol. The standard InChI is InChI=1S/C27H23N9O4/c1-36-22-12-17(29-27(38)31-21-13-18(39-2)7-9-24(21)40-3)6-5-16(22)11-23(36)26(37)30-20-8-4-15(14-28)10-19(20)25-32-34-35-33-25/h4-13H,1-3H3,(H,30,37)(H2,29,31,38)(H,32,33,34,35). The number of aryl methyl sites for hydroxylation is 1. The fourth-order valence-corrected chi connectivity index (χ4v) is 4.19. The molecule has 0 unspecified atom stereocenters. The van der Waals surface area contributed by atoms with Crippen LogP contribution in [-0.2, 0) is 7.05 Å². The molecule has 0 fully saturated rings. The Hall–Kier alpha value is -5.90. The van der Waals surface area contributed by atoms with Gasteiger partial charge in [-0.15, -0.1) is 10.2 Å². The van der Waals surface area contributed by atoms with Gasteiger partial charge in [0.1, 0.15) is 17.2 Å². The minimum atomic E-state index is -0.479. The van der Waals surface area contributed by atoms with Crippen LogP contribution in [0.25, 0.3) is 22.3 Å². The van der Waals surface area contributed by atoms with Crippen molar-refractivity contribution in [1.82, 2.24) is 25.2 Å². The number of benzene rings is 3. The van der Waals surface area contributed by atoms with Gasteiger partial charge < -0.3 is 30.0 Å². The van der Waals surface area contributed by atoms with Crippen molar-refractivity contribution in [3.63, 3.8) is 0 Å². The van der Waals surface area contributed by atoms with Crippen LogP contribution in [0.1, 0.15) is 16.1 Å². The highest BCUT2D eigenvalue weighted by Gasteiger charge is 2.18. The number of hydrogen-bond acceptors (Lipinski definition) is 8. The molecular formula is C27H23N9O4. The molecule has 0 atom stereocenters. The maximum absolute atomic E-state index is 13.3. The van der Waals surface area contributed by atoms with Gasteiger partial charge in [-0.2, -0.15) is 10.5 Å². The van der Waals surface area contributed by atoms with Gasteiger partial charge in [0, 0.05) is 29.8 Å². The van der Waals surface area contributed by atoms with E-state index in [2.05, 4.69) is 42.6 Å². The third kappa shape index (κ3) is 5.09. The number of methoxy groups -OCH3 is 2. The van der Waals surface area contributed by atoms with E-state index in [4.69, 9.17) is 9.47 Å². The molecule has 3 amide bonds. The summed E-state index contributed by atoms with van der Waals surface area (Å²) >= 11 is 0. The van der Waals surface area contributed by atoms with Crippen LogP contribution in [0.4, 0.5) is 21.9 Å². The third-order valence-electron chi connectivity index (χ3n) is 6.17. The Morgan fingerprint density at radius 1 is 0.950 bits per heavy atom. The first-order chi connectivity index (χ1) is 19.4. The monoisotopic (exact) mass is 537 g/mol. The van der Waals surface area contributed by atoms with Crippen molar-refractivity contribution in [2.24, 2.45) is 7.05 Å². The lowest BCUT2D eigenvalue weighted by Crippen LogP contribution is -2.20. The summed E-state index contributed by atoms with van der Waals surface area (Å²) < 4.78 is 12.3. The van der Waals surface area contributed by atoms with E-state index in [1.165, 1.54) is 14.2 Å². The van der Waals surface area contributed by atoms with E-state index < -0.39 is 6.03 Å². The number of amides is 3. The molecule has 0 aliphatic rings. The first-order valence-electron chi connectivity index (χ1n) is 11.9. The molecule has 2 aromatic heterocycles. The number of rotatable bonds is 7. The number of urea groups is 1. The van der Waals surface area contributed by atoms with Crippen LogP contribution in [0.15, 0.2) is 60.7 Å². The number of carbonyl (C=O) groups excluding carboxylic acids is 2. The lowest BCUT2D eigenvalue weighted by atomic mass is 10.1. The zero-order valence-electron chi connectivity index (χ0n) is 21.6. The van der Waals surface area contributed by atoms with Gasteiger partial charge in [0.25, 0.3) is 5.91 Å². The van der Waals surface area contributed by atoms with E-state index in [0.29, 0.717) is 45.4 Å². The van der Waals surface area contributed by atoms with Gasteiger partial charge in [0.15, 0.2) is 0 Å². The molecule has 40 heavy (non-hydrogen) atoms. The van der Waals surface area contributed by atoms with E-state index in [-0.39, 0.29) is 11.7 Å². The molecule has 0 bridgehead atoms. The minimum absolute atomic E-state index is 0.241. The number of tetrazole rings is 1. The number of aromatic nitrogens is 5. The Bertz CT molecular complexity index is 1770. The highest BCUT2D eigenvalue weighted by molar-refractivity contribution is 6.08. The summed E-state index contributed by atoms with van der Waals surface area (Å²) in [5.41, 5.74) is 3.32. The number of aromatic amines is 1. The number of nitrogens with zero attached hydrogens (tertiary/aromatic N) is 5. The summed E-state index contributed by atoms with van der Waals surface area (Å²) in [5.74, 6) is 0.905. The maximum atomic E-state index is 13.3. The van der Waals surface area contributed by atoms with Crippen molar-refractivity contribution in [3.05, 3.63) is 71.9 Å². The third-order valence-corrected chi connectivity index (χ3v) is 6.17. The van der Waals surface area contributed by atoms with Crippen molar-refractivity contribution >= 4 is 39.9 Å². The quantitative estimate of drug-likeness (QED) is 0.240. The van der Waals surface area contributed by atoms with Crippen LogP contribution in [0, 0.1) is 11.3 Å². The van der Waals surface area contributed by atoms with Crippen LogP contribution in [0.3, 0.4) is 0 Å². The van der Waals surface area contributed by atoms with Crippen molar-refractivity contribution in [2.45, 2.75) is 0 Å². The Labute approximate surface area is 227 Å². The molecule has 4 N–H and O–H groups in total. The lowest BCUT2D eigenvalue weighted by Gasteiger charge is -2.13. The number of nitriles is 1. The number of hydrogen-bond donors (Lipinski definition) is 4. The minimum Gasteiger partial charge on any atom is -0.497 e. The number of anilines is 3. The summed E-state index contributed by atoms with van der Waals surface area (Å²) in [6.45, 7) is 0. The number of nitrogens with one attached hydrogen (secondary N) is 4. The Kier molecular flexibility index (Phi) is 6.97. The predicted molar refractivity (Wildman–Crippen MR) is 147 cm³/mol. The summed E-state index contributed by atoms with van der Waals surface area (Å²) in [5, 5.41) is 32.4. The fourth-order valence-electron chi connectivity index (χ4n) is 4.19. The SMILES string of the molecule is COc1ccc(OC)c(NC(=O)Nc2ccc3cc(C(=O)Nc4ccc(C#N)cc4-c4nn[nH]n4)n(C)c3c2)c1. The molecule has 2 heterocycles.